The van der Waals surface area contributed by atoms with Gasteiger partial charge in [0.15, 0.2) is 0 Å². The molecular formula is C14H22N2O3S. The number of hydrogen-bond acceptors (Lipinski definition) is 4. The third-order valence-electron chi connectivity index (χ3n) is 3.63. The Labute approximate surface area is 120 Å². The van der Waals surface area contributed by atoms with Crippen molar-refractivity contribution in [1.82, 2.24) is 4.72 Å². The Morgan fingerprint density at radius 1 is 1.30 bits per heavy atom. The lowest BCUT2D eigenvalue weighted by atomic mass is 10.1. The molecule has 0 aliphatic carbocycles. The fourth-order valence-electron chi connectivity index (χ4n) is 2.41. The first kappa shape index (κ1) is 15.4. The third kappa shape index (κ3) is 3.58. The Morgan fingerprint density at radius 3 is 2.60 bits per heavy atom. The fourth-order valence-corrected chi connectivity index (χ4v) is 3.76. The molecule has 0 atom stereocenters. The van der Waals surface area contributed by atoms with Crippen molar-refractivity contribution >= 4 is 10.0 Å². The molecule has 6 heteroatoms. The number of ether oxygens (including phenoxy) is 1. The van der Waals surface area contributed by atoms with Gasteiger partial charge in [-0.1, -0.05) is 13.0 Å². The van der Waals surface area contributed by atoms with Gasteiger partial charge in [-0.2, -0.15) is 0 Å². The van der Waals surface area contributed by atoms with Gasteiger partial charge in [-0.15, -0.1) is 0 Å². The van der Waals surface area contributed by atoms with Crippen LogP contribution in [-0.2, 0) is 27.7 Å². The third-order valence-corrected chi connectivity index (χ3v) is 5.15. The van der Waals surface area contributed by atoms with E-state index < -0.39 is 10.0 Å². The van der Waals surface area contributed by atoms with E-state index in [1.165, 1.54) is 0 Å². The van der Waals surface area contributed by atoms with Crippen molar-refractivity contribution < 1.29 is 13.2 Å². The Kier molecular flexibility index (Phi) is 5.15. The molecule has 1 saturated heterocycles. The molecule has 1 fully saturated rings. The van der Waals surface area contributed by atoms with E-state index in [0.717, 1.165) is 30.4 Å². The summed E-state index contributed by atoms with van der Waals surface area (Å²) in [6, 6.07) is 5.14. The van der Waals surface area contributed by atoms with E-state index in [4.69, 9.17) is 10.5 Å². The smallest absolute Gasteiger partial charge is 0.240 e. The fraction of sp³-hybridized carbons (Fsp3) is 0.571. The minimum absolute atomic E-state index is 0.0408. The zero-order valence-corrected chi connectivity index (χ0v) is 12.6. The Hall–Kier alpha value is -0.950. The Bertz CT molecular complexity index is 552. The van der Waals surface area contributed by atoms with Gasteiger partial charge in [-0.3, -0.25) is 0 Å². The predicted octanol–water partition coefficient (Wildman–Crippen LogP) is 1.16. The summed E-state index contributed by atoms with van der Waals surface area (Å²) in [4.78, 5) is 0.293. The SMILES string of the molecule is CCc1ccc(S(=O)(=O)NC2CCOCC2)cc1CN. The first-order chi connectivity index (χ1) is 9.56. The van der Waals surface area contributed by atoms with Crippen LogP contribution in [0.2, 0.25) is 0 Å². The van der Waals surface area contributed by atoms with Crippen molar-refractivity contribution in [3.8, 4) is 0 Å². The van der Waals surface area contributed by atoms with Crippen LogP contribution in [0.5, 0.6) is 0 Å². The van der Waals surface area contributed by atoms with Crippen LogP contribution in [0.15, 0.2) is 23.1 Å². The molecule has 1 aromatic carbocycles. The van der Waals surface area contributed by atoms with Gasteiger partial charge >= 0.3 is 0 Å². The first-order valence-corrected chi connectivity index (χ1v) is 8.47. The van der Waals surface area contributed by atoms with Crippen molar-refractivity contribution in [3.05, 3.63) is 29.3 Å². The normalized spacial score (nSPS) is 17.3. The number of nitrogens with one attached hydrogen (secondary N) is 1. The lowest BCUT2D eigenvalue weighted by Gasteiger charge is -2.23. The van der Waals surface area contributed by atoms with E-state index in [0.29, 0.717) is 24.7 Å². The van der Waals surface area contributed by atoms with Gasteiger partial charge in [0.2, 0.25) is 10.0 Å². The maximum atomic E-state index is 12.4. The number of sulfonamides is 1. The number of benzene rings is 1. The van der Waals surface area contributed by atoms with E-state index in [1.54, 1.807) is 12.1 Å². The molecule has 1 aliphatic rings. The molecule has 0 radical (unpaired) electrons. The molecule has 0 aromatic heterocycles. The lowest BCUT2D eigenvalue weighted by molar-refractivity contribution is 0.0832. The molecule has 3 N–H and O–H groups in total. The molecule has 0 spiro atoms. The van der Waals surface area contributed by atoms with Gasteiger partial charge in [-0.25, -0.2) is 13.1 Å². The maximum absolute atomic E-state index is 12.4. The van der Waals surface area contributed by atoms with Crippen molar-refractivity contribution in [2.75, 3.05) is 13.2 Å². The number of hydrogen-bond donors (Lipinski definition) is 2. The summed E-state index contributed by atoms with van der Waals surface area (Å²) >= 11 is 0. The molecule has 112 valence electrons. The molecule has 2 rings (SSSR count). The number of rotatable bonds is 5. The predicted molar refractivity (Wildman–Crippen MR) is 77.9 cm³/mol. The minimum Gasteiger partial charge on any atom is -0.381 e. The van der Waals surface area contributed by atoms with Gasteiger partial charge in [0.1, 0.15) is 0 Å². The number of aryl methyl sites for hydroxylation is 1. The molecule has 1 aromatic rings. The molecule has 20 heavy (non-hydrogen) atoms. The Morgan fingerprint density at radius 2 is 2.00 bits per heavy atom. The summed E-state index contributed by atoms with van der Waals surface area (Å²) in [5, 5.41) is 0. The Balaban J connectivity index is 2.20. The van der Waals surface area contributed by atoms with Crippen LogP contribution >= 0.6 is 0 Å². The second-order valence-corrected chi connectivity index (χ2v) is 6.71. The summed E-state index contributed by atoms with van der Waals surface area (Å²) in [5.41, 5.74) is 7.68. The highest BCUT2D eigenvalue weighted by molar-refractivity contribution is 7.89. The summed E-state index contributed by atoms with van der Waals surface area (Å²) in [7, 11) is -3.48. The summed E-state index contributed by atoms with van der Waals surface area (Å²) in [6.07, 6.45) is 2.28. The van der Waals surface area contributed by atoms with Gasteiger partial charge < -0.3 is 10.5 Å². The van der Waals surface area contributed by atoms with E-state index >= 15 is 0 Å². The molecule has 0 unspecified atom stereocenters. The van der Waals surface area contributed by atoms with Crippen LogP contribution in [0, 0.1) is 0 Å². The average molecular weight is 298 g/mol. The van der Waals surface area contributed by atoms with Gasteiger partial charge in [0, 0.05) is 25.8 Å². The number of nitrogens with two attached hydrogens (primary N) is 1. The van der Waals surface area contributed by atoms with Crippen LogP contribution in [0.1, 0.15) is 30.9 Å². The maximum Gasteiger partial charge on any atom is 0.240 e. The topological polar surface area (TPSA) is 81.4 Å². The molecule has 0 saturated carbocycles. The van der Waals surface area contributed by atoms with Crippen LogP contribution in [-0.4, -0.2) is 27.7 Å². The molecule has 5 nitrogen and oxygen atoms in total. The average Bonchev–Trinajstić information content (AvgIpc) is 2.47. The molecule has 1 aliphatic heterocycles. The van der Waals surface area contributed by atoms with Crippen molar-refractivity contribution in [1.29, 1.82) is 0 Å². The van der Waals surface area contributed by atoms with Crippen LogP contribution < -0.4 is 10.5 Å². The molecule has 0 amide bonds. The van der Waals surface area contributed by atoms with Gasteiger partial charge in [-0.05, 0) is 42.5 Å². The second-order valence-electron chi connectivity index (χ2n) is 5.00. The zero-order chi connectivity index (χ0) is 14.6. The second kappa shape index (κ2) is 6.67. The summed E-state index contributed by atoms with van der Waals surface area (Å²) in [5.74, 6) is 0. The van der Waals surface area contributed by atoms with Crippen LogP contribution in [0.4, 0.5) is 0 Å². The van der Waals surface area contributed by atoms with Crippen LogP contribution in [0.25, 0.3) is 0 Å². The van der Waals surface area contributed by atoms with Gasteiger partial charge in [0.05, 0.1) is 4.90 Å². The first-order valence-electron chi connectivity index (χ1n) is 6.98. The molecule has 0 bridgehead atoms. The van der Waals surface area contributed by atoms with Crippen molar-refractivity contribution in [3.63, 3.8) is 0 Å². The molecular weight excluding hydrogens is 276 g/mol. The van der Waals surface area contributed by atoms with Crippen molar-refractivity contribution in [2.24, 2.45) is 5.73 Å². The standard InChI is InChI=1S/C14H22N2O3S/c1-2-11-3-4-14(9-12(11)10-15)20(17,18)16-13-5-7-19-8-6-13/h3-4,9,13,16H,2,5-8,10,15H2,1H3. The van der Waals surface area contributed by atoms with E-state index in [-0.39, 0.29) is 6.04 Å². The largest absolute Gasteiger partial charge is 0.381 e. The molecule has 1 heterocycles. The van der Waals surface area contributed by atoms with Gasteiger partial charge in [0.25, 0.3) is 0 Å². The zero-order valence-electron chi connectivity index (χ0n) is 11.8. The van der Waals surface area contributed by atoms with Crippen molar-refractivity contribution in [2.45, 2.75) is 43.7 Å². The highest BCUT2D eigenvalue weighted by Gasteiger charge is 2.22. The van der Waals surface area contributed by atoms with E-state index in [1.807, 2.05) is 13.0 Å². The summed E-state index contributed by atoms with van der Waals surface area (Å²) in [6.45, 7) is 3.60. The quantitative estimate of drug-likeness (QED) is 0.855. The highest BCUT2D eigenvalue weighted by Crippen LogP contribution is 2.18. The summed E-state index contributed by atoms with van der Waals surface area (Å²) < 4.78 is 32.7. The minimum atomic E-state index is -3.48. The van der Waals surface area contributed by atoms with Crippen LogP contribution in [0.3, 0.4) is 0 Å². The van der Waals surface area contributed by atoms with E-state index in [9.17, 15) is 8.42 Å². The van der Waals surface area contributed by atoms with E-state index in [2.05, 4.69) is 4.72 Å². The lowest BCUT2D eigenvalue weighted by Crippen LogP contribution is -2.38. The highest BCUT2D eigenvalue weighted by atomic mass is 32.2. The monoisotopic (exact) mass is 298 g/mol.